The van der Waals surface area contributed by atoms with Crippen molar-refractivity contribution in [1.82, 2.24) is 10.1 Å². The minimum atomic E-state index is -1.11. The Morgan fingerprint density at radius 2 is 2.04 bits per heavy atom. The Morgan fingerprint density at radius 1 is 1.30 bits per heavy atom. The number of carboxylic acid groups (broad SMARTS) is 1. The van der Waals surface area contributed by atoms with Crippen molar-refractivity contribution in [2.75, 3.05) is 19.8 Å². The van der Waals surface area contributed by atoms with Crippen LogP contribution < -0.4 is 0 Å². The number of nitrogens with zero attached hydrogens (tertiary/aromatic N) is 2. The average molecular weight is 337 g/mol. The standard InChI is InChI=1S/C15H13ClN2O5/c16-10-3-1-9(2-4-10)13-7-11(17-23-13)14(19)18-5-6-22-8-12(18)15(20)21/h1-4,7,12H,5-6,8H2,(H,20,21). The lowest BCUT2D eigenvalue weighted by Crippen LogP contribution is -2.52. The Kier molecular flexibility index (Phi) is 4.31. The van der Waals surface area contributed by atoms with E-state index in [1.165, 1.54) is 11.0 Å². The van der Waals surface area contributed by atoms with Gasteiger partial charge in [-0.05, 0) is 24.3 Å². The highest BCUT2D eigenvalue weighted by molar-refractivity contribution is 6.30. The van der Waals surface area contributed by atoms with Crippen molar-refractivity contribution < 1.29 is 24.0 Å². The zero-order chi connectivity index (χ0) is 16.4. The lowest BCUT2D eigenvalue weighted by molar-refractivity contribution is -0.147. The normalized spacial score (nSPS) is 18.0. The van der Waals surface area contributed by atoms with Gasteiger partial charge in [0.2, 0.25) is 0 Å². The molecule has 1 N–H and O–H groups in total. The maximum atomic E-state index is 12.5. The molecule has 1 fully saturated rings. The molecule has 8 heteroatoms. The van der Waals surface area contributed by atoms with E-state index in [2.05, 4.69) is 5.16 Å². The molecule has 0 saturated carbocycles. The highest BCUT2D eigenvalue weighted by Gasteiger charge is 2.34. The van der Waals surface area contributed by atoms with Crippen LogP contribution >= 0.6 is 11.6 Å². The molecule has 23 heavy (non-hydrogen) atoms. The molecule has 0 radical (unpaired) electrons. The van der Waals surface area contributed by atoms with Gasteiger partial charge in [0.15, 0.2) is 17.5 Å². The first-order chi connectivity index (χ1) is 11.1. The van der Waals surface area contributed by atoms with Crippen LogP contribution in [0.3, 0.4) is 0 Å². The SMILES string of the molecule is O=C(O)C1COCCN1C(=O)c1cc(-c2ccc(Cl)cc2)on1. The topological polar surface area (TPSA) is 92.9 Å². The molecule has 1 aromatic carbocycles. The predicted octanol–water partition coefficient (Wildman–Crippen LogP) is 1.92. The number of aliphatic carboxylic acids is 1. The lowest BCUT2D eigenvalue weighted by atomic mass is 10.1. The quantitative estimate of drug-likeness (QED) is 0.920. The van der Waals surface area contributed by atoms with Crippen molar-refractivity contribution in [3.8, 4) is 11.3 Å². The van der Waals surface area contributed by atoms with Crippen molar-refractivity contribution in [3.63, 3.8) is 0 Å². The van der Waals surface area contributed by atoms with Crippen molar-refractivity contribution >= 4 is 23.5 Å². The molecule has 0 spiro atoms. The number of ether oxygens (including phenoxy) is 1. The Morgan fingerprint density at radius 3 is 2.74 bits per heavy atom. The van der Waals surface area contributed by atoms with Crippen LogP contribution in [0.5, 0.6) is 0 Å². The summed E-state index contributed by atoms with van der Waals surface area (Å²) in [4.78, 5) is 24.9. The second-order valence-electron chi connectivity index (χ2n) is 5.01. The van der Waals surface area contributed by atoms with Crippen LogP contribution in [0.25, 0.3) is 11.3 Å². The number of hydrogen-bond donors (Lipinski definition) is 1. The number of amides is 1. The summed E-state index contributed by atoms with van der Waals surface area (Å²) in [5.74, 6) is -1.20. The molecule has 1 aliphatic heterocycles. The predicted molar refractivity (Wildman–Crippen MR) is 80.2 cm³/mol. The van der Waals surface area contributed by atoms with Crippen molar-refractivity contribution in [1.29, 1.82) is 0 Å². The van der Waals surface area contributed by atoms with Crippen LogP contribution in [0, 0.1) is 0 Å². The first kappa shape index (κ1) is 15.5. The lowest BCUT2D eigenvalue weighted by Gasteiger charge is -2.32. The number of hydrogen-bond acceptors (Lipinski definition) is 5. The molecule has 1 amide bonds. The van der Waals surface area contributed by atoms with E-state index in [1.807, 2.05) is 0 Å². The molecule has 2 heterocycles. The van der Waals surface area contributed by atoms with E-state index in [4.69, 9.17) is 20.9 Å². The van der Waals surface area contributed by atoms with Gasteiger partial charge in [0, 0.05) is 23.2 Å². The number of rotatable bonds is 3. The Balaban J connectivity index is 1.83. The zero-order valence-electron chi connectivity index (χ0n) is 11.9. The molecular weight excluding hydrogens is 324 g/mol. The van der Waals surface area contributed by atoms with E-state index in [1.54, 1.807) is 24.3 Å². The molecule has 7 nitrogen and oxygen atoms in total. The van der Waals surface area contributed by atoms with Crippen LogP contribution in [0.1, 0.15) is 10.5 Å². The third kappa shape index (κ3) is 3.20. The van der Waals surface area contributed by atoms with Crippen LogP contribution in [-0.2, 0) is 9.53 Å². The smallest absolute Gasteiger partial charge is 0.328 e. The summed E-state index contributed by atoms with van der Waals surface area (Å²) < 4.78 is 10.3. The number of carbonyl (C=O) groups is 2. The van der Waals surface area contributed by atoms with Crippen LogP contribution in [0.4, 0.5) is 0 Å². The third-order valence-electron chi connectivity index (χ3n) is 3.53. The number of morpholine rings is 1. The Labute approximate surface area is 136 Å². The molecule has 120 valence electrons. The fraction of sp³-hybridized carbons (Fsp3) is 0.267. The molecule has 1 unspecified atom stereocenters. The minimum absolute atomic E-state index is 0.0387. The van der Waals surface area contributed by atoms with E-state index in [0.29, 0.717) is 10.8 Å². The molecule has 0 bridgehead atoms. The zero-order valence-corrected chi connectivity index (χ0v) is 12.7. The molecule has 3 rings (SSSR count). The summed E-state index contributed by atoms with van der Waals surface area (Å²) in [5, 5.41) is 13.5. The minimum Gasteiger partial charge on any atom is -0.480 e. The largest absolute Gasteiger partial charge is 0.480 e. The molecule has 1 saturated heterocycles. The number of carbonyl (C=O) groups excluding carboxylic acids is 1. The van der Waals surface area contributed by atoms with E-state index in [-0.39, 0.29) is 25.5 Å². The summed E-state index contributed by atoms with van der Waals surface area (Å²) in [7, 11) is 0. The maximum absolute atomic E-state index is 12.5. The van der Waals surface area contributed by atoms with Gasteiger partial charge in [-0.2, -0.15) is 0 Å². The van der Waals surface area contributed by atoms with Gasteiger partial charge in [-0.25, -0.2) is 4.79 Å². The van der Waals surface area contributed by atoms with Crippen LogP contribution in [0.2, 0.25) is 5.02 Å². The van der Waals surface area contributed by atoms with E-state index in [0.717, 1.165) is 5.56 Å². The van der Waals surface area contributed by atoms with Gasteiger partial charge in [-0.1, -0.05) is 16.8 Å². The number of benzene rings is 1. The van der Waals surface area contributed by atoms with Gasteiger partial charge in [-0.3, -0.25) is 4.79 Å². The third-order valence-corrected chi connectivity index (χ3v) is 3.78. The van der Waals surface area contributed by atoms with Crippen molar-refractivity contribution in [2.45, 2.75) is 6.04 Å². The van der Waals surface area contributed by atoms with E-state index in [9.17, 15) is 14.7 Å². The van der Waals surface area contributed by atoms with Gasteiger partial charge in [0.1, 0.15) is 0 Å². The summed E-state index contributed by atoms with van der Waals surface area (Å²) in [5.41, 5.74) is 0.779. The highest BCUT2D eigenvalue weighted by Crippen LogP contribution is 2.23. The van der Waals surface area contributed by atoms with Gasteiger partial charge < -0.3 is 19.3 Å². The highest BCUT2D eigenvalue weighted by atomic mass is 35.5. The molecule has 0 aliphatic carbocycles. The molecular formula is C15H13ClN2O5. The summed E-state index contributed by atoms with van der Waals surface area (Å²) >= 11 is 5.83. The van der Waals surface area contributed by atoms with Crippen LogP contribution in [0.15, 0.2) is 34.9 Å². The van der Waals surface area contributed by atoms with Crippen molar-refractivity contribution in [3.05, 3.63) is 41.0 Å². The average Bonchev–Trinajstić information content (AvgIpc) is 3.04. The summed E-state index contributed by atoms with van der Waals surface area (Å²) in [6.07, 6.45) is 0. The number of aromatic nitrogens is 1. The fourth-order valence-electron chi connectivity index (χ4n) is 2.32. The van der Waals surface area contributed by atoms with Crippen molar-refractivity contribution in [2.24, 2.45) is 0 Å². The second-order valence-corrected chi connectivity index (χ2v) is 5.45. The number of halogens is 1. The first-order valence-electron chi connectivity index (χ1n) is 6.90. The monoisotopic (exact) mass is 336 g/mol. The molecule has 1 aliphatic rings. The summed E-state index contributed by atoms with van der Waals surface area (Å²) in [6.45, 7) is 0.444. The Hall–Kier alpha value is -2.38. The van der Waals surface area contributed by atoms with Gasteiger partial charge >= 0.3 is 5.97 Å². The number of carboxylic acids is 1. The molecule has 1 aromatic heterocycles. The second kappa shape index (κ2) is 6.39. The van der Waals surface area contributed by atoms with Gasteiger partial charge in [0.25, 0.3) is 5.91 Å². The van der Waals surface area contributed by atoms with Crippen LogP contribution in [-0.4, -0.2) is 52.8 Å². The fourth-order valence-corrected chi connectivity index (χ4v) is 2.45. The summed E-state index contributed by atoms with van der Waals surface area (Å²) in [6, 6.07) is 7.34. The molecule has 1 atom stereocenters. The van der Waals surface area contributed by atoms with E-state index < -0.39 is 17.9 Å². The molecule has 2 aromatic rings. The Bertz CT molecular complexity index is 728. The van der Waals surface area contributed by atoms with Gasteiger partial charge in [0.05, 0.1) is 13.2 Å². The van der Waals surface area contributed by atoms with Gasteiger partial charge in [-0.15, -0.1) is 0 Å². The first-order valence-corrected chi connectivity index (χ1v) is 7.28. The maximum Gasteiger partial charge on any atom is 0.328 e. The van der Waals surface area contributed by atoms with E-state index >= 15 is 0 Å².